The number of nitrogens with two attached hydrogens (primary N) is 1. The lowest BCUT2D eigenvalue weighted by Crippen LogP contribution is -2.07. The van der Waals surface area contributed by atoms with Crippen molar-refractivity contribution in [2.45, 2.75) is 0 Å². The van der Waals surface area contributed by atoms with Crippen LogP contribution in [-0.4, -0.2) is 11.8 Å². The molecule has 0 unspecified atom stereocenters. The first-order chi connectivity index (χ1) is 3.84. The van der Waals surface area contributed by atoms with Gasteiger partial charge in [-0.3, -0.25) is 0 Å². The number of ether oxygens (including phenoxy) is 1. The second-order valence-corrected chi connectivity index (χ2v) is 1.46. The summed E-state index contributed by atoms with van der Waals surface area (Å²) >= 11 is 0. The van der Waals surface area contributed by atoms with Gasteiger partial charge in [0.1, 0.15) is 0 Å². The van der Waals surface area contributed by atoms with Gasteiger partial charge in [0.05, 0.1) is 7.11 Å². The summed E-state index contributed by atoms with van der Waals surface area (Å²) < 4.78 is 6.24. The van der Waals surface area contributed by atoms with Gasteiger partial charge in [0.15, 0.2) is 0 Å². The van der Waals surface area contributed by atoms with E-state index in [9.17, 15) is 0 Å². The zero-order valence-corrected chi connectivity index (χ0v) is 4.66. The molecule has 0 atom stereocenters. The van der Waals surface area contributed by atoms with E-state index in [0.29, 0.717) is 5.88 Å². The molecule has 1 aromatic rings. The lowest BCUT2D eigenvalue weighted by molar-refractivity contribution is 0.386. The normalized spacial score (nSPS) is 9.12. The van der Waals surface area contributed by atoms with Crippen LogP contribution in [0.25, 0.3) is 0 Å². The van der Waals surface area contributed by atoms with Crippen LogP contribution in [0.1, 0.15) is 0 Å². The molecule has 0 saturated carbocycles. The molecule has 2 N–H and O–H groups in total. The van der Waals surface area contributed by atoms with Crippen molar-refractivity contribution < 1.29 is 4.74 Å². The second kappa shape index (κ2) is 1.78. The van der Waals surface area contributed by atoms with Gasteiger partial charge in [-0.15, -0.1) is 0 Å². The van der Waals surface area contributed by atoms with Crippen molar-refractivity contribution in [1.82, 2.24) is 4.68 Å². The topological polar surface area (TPSA) is 40.2 Å². The molecule has 3 heteroatoms. The Morgan fingerprint density at radius 2 is 2.50 bits per heavy atom. The van der Waals surface area contributed by atoms with Gasteiger partial charge < -0.3 is 10.6 Å². The smallest absolute Gasteiger partial charge is 0.211 e. The fourth-order valence-electron chi connectivity index (χ4n) is 0.551. The first kappa shape index (κ1) is 5.03. The highest BCUT2D eigenvalue weighted by Gasteiger charge is 1.90. The van der Waals surface area contributed by atoms with E-state index >= 15 is 0 Å². The second-order valence-electron chi connectivity index (χ2n) is 1.46. The number of nitrogen functional groups attached to an aromatic ring is 1. The van der Waals surface area contributed by atoms with E-state index in [0.717, 1.165) is 0 Å². The van der Waals surface area contributed by atoms with Crippen molar-refractivity contribution in [1.29, 1.82) is 0 Å². The van der Waals surface area contributed by atoms with Crippen LogP contribution in [0.4, 0.5) is 0 Å². The van der Waals surface area contributed by atoms with Gasteiger partial charge in [0.2, 0.25) is 5.88 Å². The van der Waals surface area contributed by atoms with Crippen molar-refractivity contribution in [2.24, 2.45) is 0 Å². The highest BCUT2D eigenvalue weighted by molar-refractivity contribution is 5.12. The van der Waals surface area contributed by atoms with Crippen LogP contribution >= 0.6 is 0 Å². The summed E-state index contributed by atoms with van der Waals surface area (Å²) in [6.45, 7) is 0. The number of aromatic nitrogens is 1. The molecule has 0 saturated heterocycles. The van der Waals surface area contributed by atoms with Gasteiger partial charge >= 0.3 is 0 Å². The number of hydrogen-bond donors (Lipinski definition) is 1. The van der Waals surface area contributed by atoms with Gasteiger partial charge in [-0.25, -0.2) is 4.68 Å². The predicted octanol–water partition coefficient (Wildman–Crippen LogP) is 0.211. The SMILES string of the molecule is COc1cccn1N. The molecule has 0 aliphatic rings. The van der Waals surface area contributed by atoms with E-state index in [2.05, 4.69) is 0 Å². The van der Waals surface area contributed by atoms with E-state index in [1.165, 1.54) is 4.68 Å². The Morgan fingerprint density at radius 1 is 1.75 bits per heavy atom. The van der Waals surface area contributed by atoms with Gasteiger partial charge in [-0.1, -0.05) is 0 Å². The standard InChI is InChI=1S/C5H8N2O/c1-8-5-3-2-4-7(5)6/h2-4H,6H2,1H3. The number of nitrogens with zero attached hydrogens (tertiary/aromatic N) is 1. The van der Waals surface area contributed by atoms with Crippen LogP contribution in [0, 0.1) is 0 Å². The maximum absolute atomic E-state index is 5.34. The monoisotopic (exact) mass is 112 g/mol. The van der Waals surface area contributed by atoms with Gasteiger partial charge in [0, 0.05) is 12.3 Å². The average molecular weight is 112 g/mol. The zero-order chi connectivity index (χ0) is 5.98. The summed E-state index contributed by atoms with van der Waals surface area (Å²) in [5, 5.41) is 0. The van der Waals surface area contributed by atoms with Crippen LogP contribution in [0.5, 0.6) is 5.88 Å². The Labute approximate surface area is 47.6 Å². The highest BCUT2D eigenvalue weighted by Crippen LogP contribution is 2.04. The third-order valence-electron chi connectivity index (χ3n) is 0.949. The van der Waals surface area contributed by atoms with Crippen molar-refractivity contribution >= 4 is 0 Å². The van der Waals surface area contributed by atoms with Gasteiger partial charge in [-0.05, 0) is 6.07 Å². The third kappa shape index (κ3) is 0.621. The Balaban J connectivity index is 2.92. The lowest BCUT2D eigenvalue weighted by Gasteiger charge is -1.97. The van der Waals surface area contributed by atoms with Gasteiger partial charge in [-0.2, -0.15) is 0 Å². The maximum Gasteiger partial charge on any atom is 0.211 e. The molecule has 0 aliphatic carbocycles. The Morgan fingerprint density at radius 3 is 2.75 bits per heavy atom. The largest absolute Gasteiger partial charge is 0.481 e. The highest BCUT2D eigenvalue weighted by atomic mass is 16.5. The molecule has 1 heterocycles. The summed E-state index contributed by atoms with van der Waals surface area (Å²) in [7, 11) is 1.58. The number of hydrogen-bond acceptors (Lipinski definition) is 2. The minimum atomic E-state index is 0.671. The predicted molar refractivity (Wildman–Crippen MR) is 31.1 cm³/mol. The van der Waals surface area contributed by atoms with Crippen molar-refractivity contribution in [3.63, 3.8) is 0 Å². The fraction of sp³-hybridized carbons (Fsp3) is 0.200. The molecule has 0 aromatic carbocycles. The summed E-state index contributed by atoms with van der Waals surface area (Å²) in [6, 6.07) is 3.61. The quantitative estimate of drug-likeness (QED) is 0.527. The molecule has 8 heavy (non-hydrogen) atoms. The van der Waals surface area contributed by atoms with Crippen molar-refractivity contribution in [3.8, 4) is 5.88 Å². The van der Waals surface area contributed by atoms with Crippen LogP contribution in [0.15, 0.2) is 18.3 Å². The minimum absolute atomic E-state index is 0.671. The lowest BCUT2D eigenvalue weighted by atomic mass is 10.7. The molecule has 0 radical (unpaired) electrons. The maximum atomic E-state index is 5.34. The van der Waals surface area contributed by atoms with Crippen LogP contribution < -0.4 is 10.6 Å². The molecule has 1 aromatic heterocycles. The van der Waals surface area contributed by atoms with Crippen molar-refractivity contribution in [3.05, 3.63) is 18.3 Å². The molecule has 0 aliphatic heterocycles. The minimum Gasteiger partial charge on any atom is -0.481 e. The number of rotatable bonds is 1. The Kier molecular flexibility index (Phi) is 1.12. The number of methoxy groups -OCH3 is 1. The van der Waals surface area contributed by atoms with E-state index < -0.39 is 0 Å². The first-order valence-electron chi connectivity index (χ1n) is 2.31. The summed E-state index contributed by atoms with van der Waals surface area (Å²) in [4.78, 5) is 0. The molecule has 0 fully saturated rings. The molecular weight excluding hydrogens is 104 g/mol. The third-order valence-corrected chi connectivity index (χ3v) is 0.949. The van der Waals surface area contributed by atoms with E-state index in [4.69, 9.17) is 10.6 Å². The van der Waals surface area contributed by atoms with Crippen molar-refractivity contribution in [2.75, 3.05) is 13.0 Å². The summed E-state index contributed by atoms with van der Waals surface area (Å²) in [6.07, 6.45) is 1.72. The zero-order valence-electron chi connectivity index (χ0n) is 4.66. The van der Waals surface area contributed by atoms with Gasteiger partial charge in [0.25, 0.3) is 0 Å². The Bertz CT molecular complexity index is 171. The summed E-state index contributed by atoms with van der Waals surface area (Å²) in [5.41, 5.74) is 0. The van der Waals surface area contributed by atoms with Crippen LogP contribution in [0.3, 0.4) is 0 Å². The molecule has 0 spiro atoms. The molecule has 3 nitrogen and oxygen atoms in total. The van der Waals surface area contributed by atoms with E-state index in [1.807, 2.05) is 6.07 Å². The fourth-order valence-corrected chi connectivity index (χ4v) is 0.551. The molecule has 0 bridgehead atoms. The Hall–Kier alpha value is -1.12. The molecule has 44 valence electrons. The molecule has 0 amide bonds. The molecule has 1 rings (SSSR count). The molecular formula is C5H8N2O. The average Bonchev–Trinajstić information content (AvgIpc) is 2.14. The van der Waals surface area contributed by atoms with Crippen LogP contribution in [0.2, 0.25) is 0 Å². The van der Waals surface area contributed by atoms with E-state index in [-0.39, 0.29) is 0 Å². The first-order valence-corrected chi connectivity index (χ1v) is 2.31. The van der Waals surface area contributed by atoms with E-state index in [1.54, 1.807) is 19.4 Å². The summed E-state index contributed by atoms with van der Waals surface area (Å²) in [5.74, 6) is 6.01. The van der Waals surface area contributed by atoms with Crippen LogP contribution in [-0.2, 0) is 0 Å².